The molecule has 2 aromatic rings. The van der Waals surface area contributed by atoms with Crippen molar-refractivity contribution in [2.24, 2.45) is 11.7 Å². The molecule has 2 aliphatic heterocycles. The number of nitrogens with two attached hydrogens (primary N) is 1. The van der Waals surface area contributed by atoms with Crippen LogP contribution in [0.15, 0.2) is 54.0 Å². The van der Waals surface area contributed by atoms with E-state index < -0.39 is 40.8 Å². The second kappa shape index (κ2) is 14.7. The van der Waals surface area contributed by atoms with Gasteiger partial charge in [-0.05, 0) is 63.7 Å². The summed E-state index contributed by atoms with van der Waals surface area (Å²) in [4.78, 5) is 34.4. The summed E-state index contributed by atoms with van der Waals surface area (Å²) in [5.41, 5.74) is 5.42. The van der Waals surface area contributed by atoms with Gasteiger partial charge in [-0.25, -0.2) is 0 Å². The number of alkyl halides is 3. The zero-order chi connectivity index (χ0) is 33.6. The summed E-state index contributed by atoms with van der Waals surface area (Å²) >= 11 is 0. The van der Waals surface area contributed by atoms with Gasteiger partial charge in [-0.1, -0.05) is 31.5 Å². The Balaban J connectivity index is 1.47. The number of carbonyl (C=O) groups excluding carboxylic acids is 2. The van der Waals surface area contributed by atoms with E-state index in [1.54, 1.807) is 24.8 Å². The van der Waals surface area contributed by atoms with E-state index in [0.717, 1.165) is 18.5 Å². The highest BCUT2D eigenvalue weighted by Gasteiger charge is 2.44. The molecule has 2 unspecified atom stereocenters. The molecule has 2 atom stereocenters. The zero-order valence-corrected chi connectivity index (χ0v) is 26.7. The number of allylic oxidation sites excluding steroid dienone is 1. The minimum Gasteiger partial charge on any atom is -0.493 e. The van der Waals surface area contributed by atoms with Crippen molar-refractivity contribution in [2.75, 3.05) is 26.2 Å². The summed E-state index contributed by atoms with van der Waals surface area (Å²) < 4.78 is 47.2. The maximum absolute atomic E-state index is 14.0. The fraction of sp³-hybridized carbons (Fsp3) is 0.529. The molecular weight excluding hydrogens is 599 g/mol. The van der Waals surface area contributed by atoms with Crippen LogP contribution in [0.5, 0.6) is 5.75 Å². The van der Waals surface area contributed by atoms with Crippen molar-refractivity contribution in [3.05, 3.63) is 70.7 Å². The molecule has 0 radical (unpaired) electrons. The van der Waals surface area contributed by atoms with Gasteiger partial charge in [0.15, 0.2) is 0 Å². The highest BCUT2D eigenvalue weighted by molar-refractivity contribution is 5.97. The minimum absolute atomic E-state index is 0.150. The van der Waals surface area contributed by atoms with E-state index in [0.29, 0.717) is 60.4 Å². The number of rotatable bonds is 10. The molecule has 2 aliphatic rings. The Kier molecular flexibility index (Phi) is 11.1. The lowest BCUT2D eigenvalue weighted by Gasteiger charge is -2.45. The van der Waals surface area contributed by atoms with Crippen molar-refractivity contribution in [2.45, 2.75) is 83.5 Å². The number of hydrogen-bond donors (Lipinski definition) is 3. The number of ether oxygens (including phenoxy) is 1. The predicted molar refractivity (Wildman–Crippen MR) is 168 cm³/mol. The molecule has 9 nitrogen and oxygen atoms in total. The smallest absolute Gasteiger partial charge is 0.417 e. The molecule has 2 fully saturated rings. The summed E-state index contributed by atoms with van der Waals surface area (Å²) in [6.07, 6.45) is 0.386. The lowest BCUT2D eigenvalue weighted by atomic mass is 9.81. The fourth-order valence-corrected chi connectivity index (χ4v) is 6.74. The van der Waals surface area contributed by atoms with Crippen molar-refractivity contribution in [3.8, 4) is 5.75 Å². The van der Waals surface area contributed by atoms with Gasteiger partial charge in [-0.3, -0.25) is 14.6 Å². The fourth-order valence-electron chi connectivity index (χ4n) is 6.74. The molecule has 1 aromatic carbocycles. The summed E-state index contributed by atoms with van der Waals surface area (Å²) in [5.74, 6) is -0.945. The number of piperidine rings is 2. The number of para-hydroxylation sites is 1. The molecule has 0 spiro atoms. The van der Waals surface area contributed by atoms with Crippen LogP contribution in [0, 0.1) is 11.3 Å². The highest BCUT2D eigenvalue weighted by atomic mass is 19.4. The standard InChI is InChI=1S/C34H44F3N5O4/c1-4-8-29-25(9-7-17-42(29)32(44)26-21-40-16-12-27(26)34(35,36)37)31(43)41-18-14-33(45,15-19-41)28-10-5-6-11-30(28)46-20-13-24(22(2)38)23(3)39/h5-6,10-12,16,21,25,29,38,45H,4,7-9,13-15,17-20,39H2,1-3H3. The SMILES string of the molecule is CCCC1C(C(=O)N2CCC(O)(c3ccccc3OCCC(C(C)=N)=C(C)N)CC2)CCCN1C(=O)c1cnccc1C(F)(F)F. The van der Waals surface area contributed by atoms with Gasteiger partial charge < -0.3 is 30.8 Å². The average Bonchev–Trinajstić information content (AvgIpc) is 3.02. The van der Waals surface area contributed by atoms with Gasteiger partial charge in [-0.15, -0.1) is 0 Å². The third-order valence-corrected chi connectivity index (χ3v) is 9.13. The third kappa shape index (κ3) is 7.71. The predicted octanol–water partition coefficient (Wildman–Crippen LogP) is 5.67. The van der Waals surface area contributed by atoms with E-state index in [4.69, 9.17) is 15.9 Å². The number of pyridine rings is 1. The average molecular weight is 644 g/mol. The number of carbonyl (C=O) groups is 2. The van der Waals surface area contributed by atoms with Gasteiger partial charge in [0.25, 0.3) is 5.91 Å². The van der Waals surface area contributed by atoms with Crippen LogP contribution in [-0.4, -0.2) is 69.7 Å². The number of hydrogen-bond acceptors (Lipinski definition) is 7. The highest BCUT2D eigenvalue weighted by Crippen LogP contribution is 2.40. The van der Waals surface area contributed by atoms with Gasteiger partial charge >= 0.3 is 6.18 Å². The van der Waals surface area contributed by atoms with Crippen LogP contribution < -0.4 is 10.5 Å². The van der Waals surface area contributed by atoms with Crippen molar-refractivity contribution >= 4 is 17.5 Å². The number of benzene rings is 1. The molecule has 0 saturated carbocycles. The quantitative estimate of drug-likeness (QED) is 0.286. The summed E-state index contributed by atoms with van der Waals surface area (Å²) in [6.45, 7) is 6.44. The van der Waals surface area contributed by atoms with Gasteiger partial charge in [0.2, 0.25) is 5.91 Å². The first-order chi connectivity index (χ1) is 21.8. The summed E-state index contributed by atoms with van der Waals surface area (Å²) in [6, 6.07) is 7.51. The molecule has 2 amide bonds. The molecule has 250 valence electrons. The molecular formula is C34H44F3N5O4. The van der Waals surface area contributed by atoms with Crippen molar-refractivity contribution < 1.29 is 32.6 Å². The Morgan fingerprint density at radius 3 is 2.48 bits per heavy atom. The number of nitrogens with zero attached hydrogens (tertiary/aromatic N) is 3. The Morgan fingerprint density at radius 1 is 1.15 bits per heavy atom. The largest absolute Gasteiger partial charge is 0.493 e. The lowest BCUT2D eigenvalue weighted by molar-refractivity contribution is -0.144. The van der Waals surface area contributed by atoms with Crippen molar-refractivity contribution in [1.29, 1.82) is 5.41 Å². The van der Waals surface area contributed by atoms with Crippen LogP contribution in [-0.2, 0) is 16.6 Å². The first-order valence-electron chi connectivity index (χ1n) is 15.8. The monoisotopic (exact) mass is 643 g/mol. The maximum Gasteiger partial charge on any atom is 0.417 e. The number of halogens is 3. The Labute approximate surface area is 268 Å². The lowest BCUT2D eigenvalue weighted by Crippen LogP contribution is -2.55. The molecule has 46 heavy (non-hydrogen) atoms. The molecule has 2 saturated heterocycles. The molecule has 1 aromatic heterocycles. The molecule has 3 heterocycles. The van der Waals surface area contributed by atoms with Crippen LogP contribution in [0.3, 0.4) is 0 Å². The van der Waals surface area contributed by atoms with E-state index in [1.165, 1.54) is 4.90 Å². The van der Waals surface area contributed by atoms with Crippen molar-refractivity contribution in [1.82, 2.24) is 14.8 Å². The van der Waals surface area contributed by atoms with Gasteiger partial charge in [0, 0.05) is 61.5 Å². The summed E-state index contributed by atoms with van der Waals surface area (Å²) in [7, 11) is 0. The molecule has 0 aliphatic carbocycles. The van der Waals surface area contributed by atoms with E-state index in [2.05, 4.69) is 4.98 Å². The maximum atomic E-state index is 14.0. The van der Waals surface area contributed by atoms with Crippen LogP contribution in [0.1, 0.15) is 87.2 Å². The van der Waals surface area contributed by atoms with Crippen LogP contribution in [0.4, 0.5) is 13.2 Å². The second-order valence-corrected chi connectivity index (χ2v) is 12.3. The second-order valence-electron chi connectivity index (χ2n) is 12.3. The number of amides is 2. The van der Waals surface area contributed by atoms with Crippen LogP contribution in [0.25, 0.3) is 0 Å². The van der Waals surface area contributed by atoms with Crippen LogP contribution >= 0.6 is 0 Å². The Hall–Kier alpha value is -3.93. The topological polar surface area (TPSA) is 133 Å². The zero-order valence-electron chi connectivity index (χ0n) is 26.7. The van der Waals surface area contributed by atoms with E-state index >= 15 is 0 Å². The van der Waals surface area contributed by atoms with Crippen molar-refractivity contribution in [3.63, 3.8) is 0 Å². The third-order valence-electron chi connectivity index (χ3n) is 9.13. The normalized spacial score (nSPS) is 20.6. The van der Waals surface area contributed by atoms with Crippen LogP contribution in [0.2, 0.25) is 0 Å². The van der Waals surface area contributed by atoms with Gasteiger partial charge in [0.1, 0.15) is 5.75 Å². The van der Waals surface area contributed by atoms with E-state index in [1.807, 2.05) is 25.1 Å². The first kappa shape index (κ1) is 34.9. The number of likely N-dealkylation sites (tertiary alicyclic amines) is 2. The molecule has 4 rings (SSSR count). The summed E-state index contributed by atoms with van der Waals surface area (Å²) in [5, 5.41) is 19.7. The minimum atomic E-state index is -4.71. The number of aliphatic hydroxyl groups is 1. The van der Waals surface area contributed by atoms with E-state index in [9.17, 15) is 27.9 Å². The molecule has 4 N–H and O–H groups in total. The Morgan fingerprint density at radius 2 is 1.85 bits per heavy atom. The van der Waals surface area contributed by atoms with Gasteiger partial charge in [0.05, 0.1) is 29.3 Å². The number of nitrogens with one attached hydrogen (secondary N) is 1. The number of aromatic nitrogens is 1. The molecule has 12 heteroatoms. The molecule has 0 bridgehead atoms. The Bertz CT molecular complexity index is 1450. The van der Waals surface area contributed by atoms with Gasteiger partial charge in [-0.2, -0.15) is 13.2 Å². The van der Waals surface area contributed by atoms with E-state index in [-0.39, 0.29) is 45.0 Å². The first-order valence-corrected chi connectivity index (χ1v) is 15.8.